The van der Waals surface area contributed by atoms with Crippen LogP contribution in [0.2, 0.25) is 0 Å². The van der Waals surface area contributed by atoms with Gasteiger partial charge < -0.3 is 13.9 Å². The monoisotopic (exact) mass is 409 g/mol. The summed E-state index contributed by atoms with van der Waals surface area (Å²) in [4.78, 5) is 30.8. The van der Waals surface area contributed by atoms with Gasteiger partial charge in [0.2, 0.25) is 17.7 Å². The summed E-state index contributed by atoms with van der Waals surface area (Å²) in [7, 11) is 0. The van der Waals surface area contributed by atoms with Crippen molar-refractivity contribution in [2.24, 2.45) is 0 Å². The van der Waals surface area contributed by atoms with Crippen LogP contribution in [-0.2, 0) is 14.3 Å². The Balaban J connectivity index is 1.39. The van der Waals surface area contributed by atoms with E-state index >= 15 is 0 Å². The van der Waals surface area contributed by atoms with Crippen molar-refractivity contribution in [3.8, 4) is 5.88 Å². The van der Waals surface area contributed by atoms with E-state index in [4.69, 9.17) is 13.9 Å². The second-order valence-corrected chi connectivity index (χ2v) is 7.65. The quantitative estimate of drug-likeness (QED) is 0.646. The molecule has 8 heteroatoms. The fraction of sp³-hybridized carbons (Fsp3) is 0.409. The fourth-order valence-electron chi connectivity index (χ4n) is 4.18. The minimum absolute atomic E-state index is 0.227. The highest BCUT2D eigenvalue weighted by molar-refractivity contribution is 6.09. The zero-order valence-corrected chi connectivity index (χ0v) is 16.6. The van der Waals surface area contributed by atoms with Crippen LogP contribution < -0.4 is 10.1 Å². The van der Waals surface area contributed by atoms with Crippen LogP contribution in [0.5, 0.6) is 5.88 Å². The Hall–Kier alpha value is -2.97. The number of furan rings is 1. The molecular weight excluding hydrogens is 386 g/mol. The number of carbonyl (C=O) groups excluding carboxylic acids is 2. The van der Waals surface area contributed by atoms with Crippen molar-refractivity contribution in [3.05, 3.63) is 36.1 Å². The Morgan fingerprint density at radius 3 is 2.87 bits per heavy atom. The smallest absolute Gasteiger partial charge is 0.234 e. The van der Waals surface area contributed by atoms with Crippen molar-refractivity contribution in [2.45, 2.75) is 18.8 Å². The third kappa shape index (κ3) is 3.64. The van der Waals surface area contributed by atoms with E-state index in [9.17, 15) is 9.59 Å². The molecule has 2 aromatic heterocycles. The number of benzene rings is 1. The number of nitrogens with zero attached hydrogens (tertiary/aromatic N) is 2. The molecule has 0 radical (unpaired) electrons. The maximum absolute atomic E-state index is 12.4. The number of piperidine rings is 1. The first kappa shape index (κ1) is 19.0. The van der Waals surface area contributed by atoms with Gasteiger partial charge in [-0.25, -0.2) is 4.98 Å². The zero-order chi connectivity index (χ0) is 20.5. The van der Waals surface area contributed by atoms with Crippen molar-refractivity contribution in [1.29, 1.82) is 0 Å². The van der Waals surface area contributed by atoms with Gasteiger partial charge in [0, 0.05) is 48.5 Å². The van der Waals surface area contributed by atoms with E-state index in [0.29, 0.717) is 30.9 Å². The summed E-state index contributed by atoms with van der Waals surface area (Å²) < 4.78 is 16.9. The van der Waals surface area contributed by atoms with Crippen molar-refractivity contribution in [2.75, 3.05) is 39.5 Å². The minimum atomic E-state index is -0.404. The first-order valence-corrected chi connectivity index (χ1v) is 10.3. The number of imide groups is 1. The van der Waals surface area contributed by atoms with Gasteiger partial charge in [0.1, 0.15) is 12.2 Å². The highest BCUT2D eigenvalue weighted by Crippen LogP contribution is 2.36. The largest absolute Gasteiger partial charge is 0.476 e. The van der Waals surface area contributed by atoms with Crippen LogP contribution in [0.25, 0.3) is 21.9 Å². The predicted octanol–water partition coefficient (Wildman–Crippen LogP) is 2.21. The molecule has 2 aliphatic rings. The molecule has 0 unspecified atom stereocenters. The molecule has 8 nitrogen and oxygen atoms in total. The molecule has 156 valence electrons. The lowest BCUT2D eigenvalue weighted by Gasteiger charge is -2.26. The second kappa shape index (κ2) is 8.04. The van der Waals surface area contributed by atoms with Gasteiger partial charge in [-0.1, -0.05) is 0 Å². The first-order valence-electron chi connectivity index (χ1n) is 10.3. The van der Waals surface area contributed by atoms with Gasteiger partial charge in [-0.2, -0.15) is 0 Å². The van der Waals surface area contributed by atoms with Gasteiger partial charge in [0.05, 0.1) is 30.9 Å². The van der Waals surface area contributed by atoms with Crippen LogP contribution in [0.4, 0.5) is 0 Å². The topological polar surface area (TPSA) is 93.9 Å². The van der Waals surface area contributed by atoms with E-state index in [-0.39, 0.29) is 11.8 Å². The van der Waals surface area contributed by atoms with Crippen molar-refractivity contribution >= 4 is 33.7 Å². The molecule has 2 saturated heterocycles. The average Bonchev–Trinajstić information content (AvgIpc) is 3.19. The lowest BCUT2D eigenvalue weighted by molar-refractivity contribution is -0.134. The minimum Gasteiger partial charge on any atom is -0.476 e. The molecule has 4 heterocycles. The molecule has 30 heavy (non-hydrogen) atoms. The van der Waals surface area contributed by atoms with Gasteiger partial charge in [-0.05, 0) is 24.6 Å². The third-order valence-corrected chi connectivity index (χ3v) is 5.78. The summed E-state index contributed by atoms with van der Waals surface area (Å²) >= 11 is 0. The molecule has 1 aromatic carbocycles. The summed E-state index contributed by atoms with van der Waals surface area (Å²) in [6, 6.07) is 7.56. The Kier molecular flexibility index (Phi) is 5.10. The summed E-state index contributed by atoms with van der Waals surface area (Å²) in [6.07, 6.45) is 2.43. The van der Waals surface area contributed by atoms with Crippen LogP contribution in [0, 0.1) is 0 Å². The number of carbonyl (C=O) groups is 2. The van der Waals surface area contributed by atoms with Gasteiger partial charge in [-0.3, -0.25) is 19.8 Å². The summed E-state index contributed by atoms with van der Waals surface area (Å²) in [5.41, 5.74) is 2.27. The highest BCUT2D eigenvalue weighted by Gasteiger charge is 2.31. The number of fused-ring (bicyclic) bond motifs is 3. The van der Waals surface area contributed by atoms with E-state index < -0.39 is 5.92 Å². The van der Waals surface area contributed by atoms with Crippen LogP contribution in [0.1, 0.15) is 24.3 Å². The van der Waals surface area contributed by atoms with Gasteiger partial charge in [0.15, 0.2) is 0 Å². The molecule has 5 rings (SSSR count). The van der Waals surface area contributed by atoms with Crippen LogP contribution in [0.15, 0.2) is 34.9 Å². The number of hydrogen-bond donors (Lipinski definition) is 1. The molecule has 0 bridgehead atoms. The lowest BCUT2D eigenvalue weighted by atomic mass is 9.89. The number of nitrogens with one attached hydrogen (secondary N) is 1. The van der Waals surface area contributed by atoms with Crippen molar-refractivity contribution < 1.29 is 23.5 Å². The number of pyridine rings is 1. The Labute approximate surface area is 173 Å². The third-order valence-electron chi connectivity index (χ3n) is 5.78. The van der Waals surface area contributed by atoms with Crippen molar-refractivity contribution in [1.82, 2.24) is 15.2 Å². The maximum atomic E-state index is 12.4. The summed E-state index contributed by atoms with van der Waals surface area (Å²) in [6.45, 7) is 4.79. The van der Waals surface area contributed by atoms with Gasteiger partial charge >= 0.3 is 0 Å². The molecule has 0 spiro atoms. The van der Waals surface area contributed by atoms with E-state index in [1.807, 2.05) is 24.3 Å². The van der Waals surface area contributed by atoms with Crippen LogP contribution in [-0.4, -0.2) is 61.2 Å². The van der Waals surface area contributed by atoms with E-state index in [0.717, 1.165) is 54.7 Å². The van der Waals surface area contributed by atoms with Gasteiger partial charge in [0.25, 0.3) is 0 Å². The second-order valence-electron chi connectivity index (χ2n) is 7.65. The molecular formula is C22H23N3O5. The van der Waals surface area contributed by atoms with Crippen LogP contribution in [0.3, 0.4) is 0 Å². The summed E-state index contributed by atoms with van der Waals surface area (Å²) in [5, 5.41) is 4.20. The average molecular weight is 409 g/mol. The number of ether oxygens (including phenoxy) is 2. The number of hydrogen-bond acceptors (Lipinski definition) is 7. The van der Waals surface area contributed by atoms with Crippen LogP contribution >= 0.6 is 0 Å². The van der Waals surface area contributed by atoms with E-state index in [1.54, 1.807) is 6.26 Å². The lowest BCUT2D eigenvalue weighted by Crippen LogP contribution is -2.39. The van der Waals surface area contributed by atoms with E-state index in [1.165, 1.54) is 0 Å². The van der Waals surface area contributed by atoms with E-state index in [2.05, 4.69) is 15.2 Å². The normalized spacial score (nSPS) is 20.6. The SMILES string of the molecule is O=C1CC[C@@H](c2coc3ccc4nc(OCCN5CCOCC5)ccc4c23)C(=O)N1. The molecule has 0 aliphatic carbocycles. The molecule has 3 aromatic rings. The number of amides is 2. The summed E-state index contributed by atoms with van der Waals surface area (Å²) in [5.74, 6) is -0.336. The van der Waals surface area contributed by atoms with Gasteiger partial charge in [-0.15, -0.1) is 0 Å². The fourth-order valence-corrected chi connectivity index (χ4v) is 4.18. The molecule has 2 aliphatic heterocycles. The first-order chi connectivity index (χ1) is 14.7. The Morgan fingerprint density at radius 1 is 1.17 bits per heavy atom. The number of aromatic nitrogens is 1. The Morgan fingerprint density at radius 2 is 2.03 bits per heavy atom. The number of rotatable bonds is 5. The molecule has 1 atom stereocenters. The van der Waals surface area contributed by atoms with Crippen molar-refractivity contribution in [3.63, 3.8) is 0 Å². The molecule has 2 fully saturated rings. The zero-order valence-electron chi connectivity index (χ0n) is 16.6. The molecule has 0 saturated carbocycles. The molecule has 1 N–H and O–H groups in total. The maximum Gasteiger partial charge on any atom is 0.234 e. The standard InChI is InChI=1S/C22H23N3O5/c26-19-5-1-14(22(27)24-19)16-13-30-18-4-3-17-15(21(16)18)2-6-20(23-17)29-12-9-25-7-10-28-11-8-25/h2-4,6,13-14H,1,5,7-12H2,(H,24,26,27)/t14-/m0/s1. The Bertz CT molecular complexity index is 1100. The molecule has 2 amide bonds. The predicted molar refractivity (Wildman–Crippen MR) is 109 cm³/mol. The number of morpholine rings is 1. The highest BCUT2D eigenvalue weighted by atomic mass is 16.5.